The second-order valence-electron chi connectivity index (χ2n) is 6.57. The summed E-state index contributed by atoms with van der Waals surface area (Å²) in [5, 5.41) is 22.7. The molecule has 1 aromatic heterocycles. The van der Waals surface area contributed by atoms with Crippen LogP contribution >= 0.6 is 0 Å². The third kappa shape index (κ3) is 3.81. The molecule has 0 fully saturated rings. The molecule has 0 radical (unpaired) electrons. The number of H-pyrrole nitrogens is 1. The van der Waals surface area contributed by atoms with Crippen LogP contribution in [0.5, 0.6) is 17.2 Å². The van der Waals surface area contributed by atoms with Gasteiger partial charge in [0, 0.05) is 11.6 Å². The first-order chi connectivity index (χ1) is 15.4. The predicted octanol–water partition coefficient (Wildman–Crippen LogP) is 4.21. The van der Waals surface area contributed by atoms with E-state index in [-0.39, 0.29) is 22.8 Å². The van der Waals surface area contributed by atoms with Gasteiger partial charge >= 0.3 is 5.69 Å². The number of aromatic nitrogens is 2. The molecule has 0 aliphatic carbocycles. The van der Waals surface area contributed by atoms with Gasteiger partial charge in [-0.05, 0) is 36.4 Å². The van der Waals surface area contributed by atoms with E-state index in [1.807, 2.05) is 0 Å². The van der Waals surface area contributed by atoms with Crippen molar-refractivity contribution in [2.45, 2.75) is 0 Å². The van der Waals surface area contributed by atoms with Gasteiger partial charge in [-0.2, -0.15) is 0 Å². The fraction of sp³-hybridized carbons (Fsp3) is 0.0476. The number of hydrogen-bond acceptors (Lipinski definition) is 8. The van der Waals surface area contributed by atoms with Gasteiger partial charge in [-0.15, -0.1) is 0 Å². The Bertz CT molecular complexity index is 1430. The molecule has 11 nitrogen and oxygen atoms in total. The van der Waals surface area contributed by atoms with Crippen molar-refractivity contribution in [1.29, 1.82) is 0 Å². The molecule has 0 atom stereocenters. The highest BCUT2D eigenvalue weighted by Gasteiger charge is 2.22. The van der Waals surface area contributed by atoms with Crippen molar-refractivity contribution in [3.63, 3.8) is 0 Å². The number of nitro groups is 2. The Morgan fingerprint density at radius 1 is 0.906 bits per heavy atom. The number of fused-ring (bicyclic) bond motifs is 1. The van der Waals surface area contributed by atoms with E-state index in [0.717, 1.165) is 18.2 Å². The molecular formula is C21H14N4O7. The smallest absolute Gasteiger partial charge is 0.318 e. The Morgan fingerprint density at radius 2 is 1.66 bits per heavy atom. The van der Waals surface area contributed by atoms with E-state index in [0.29, 0.717) is 22.3 Å². The molecule has 0 bridgehead atoms. The largest absolute Gasteiger partial charge is 0.493 e. The number of nitro benzene ring substituents is 2. The molecule has 0 saturated carbocycles. The summed E-state index contributed by atoms with van der Waals surface area (Å²) < 4.78 is 11.0. The van der Waals surface area contributed by atoms with Crippen LogP contribution in [0.4, 0.5) is 11.4 Å². The molecule has 160 valence electrons. The summed E-state index contributed by atoms with van der Waals surface area (Å²) in [6, 6.07) is 14.6. The van der Waals surface area contributed by atoms with Crippen molar-refractivity contribution >= 4 is 22.3 Å². The first-order valence-electron chi connectivity index (χ1n) is 9.15. The van der Waals surface area contributed by atoms with Gasteiger partial charge in [0.15, 0.2) is 11.5 Å². The minimum absolute atomic E-state index is 0.135. The summed E-state index contributed by atoms with van der Waals surface area (Å²) in [6.45, 7) is 0. The fourth-order valence-electron chi connectivity index (χ4n) is 3.09. The summed E-state index contributed by atoms with van der Waals surface area (Å²) in [6.07, 6.45) is 0. The summed E-state index contributed by atoms with van der Waals surface area (Å²) in [4.78, 5) is 40.3. The molecule has 0 aliphatic heterocycles. The maximum Gasteiger partial charge on any atom is 0.318 e. The minimum Gasteiger partial charge on any atom is -0.493 e. The second-order valence-corrected chi connectivity index (χ2v) is 6.57. The van der Waals surface area contributed by atoms with E-state index in [4.69, 9.17) is 9.47 Å². The second kappa shape index (κ2) is 8.14. The highest BCUT2D eigenvalue weighted by atomic mass is 16.6. The lowest BCUT2D eigenvalue weighted by molar-refractivity contribution is -0.394. The van der Waals surface area contributed by atoms with Crippen LogP contribution in [0.1, 0.15) is 0 Å². The van der Waals surface area contributed by atoms with Gasteiger partial charge in [0.05, 0.1) is 33.9 Å². The first kappa shape index (κ1) is 20.5. The minimum atomic E-state index is -0.771. The van der Waals surface area contributed by atoms with Crippen molar-refractivity contribution in [1.82, 2.24) is 9.97 Å². The number of hydrogen-bond donors (Lipinski definition) is 1. The van der Waals surface area contributed by atoms with Crippen LogP contribution in [0.15, 0.2) is 65.5 Å². The molecule has 0 amide bonds. The van der Waals surface area contributed by atoms with E-state index in [9.17, 15) is 25.0 Å². The average molecular weight is 434 g/mol. The zero-order valence-electron chi connectivity index (χ0n) is 16.5. The summed E-state index contributed by atoms with van der Waals surface area (Å²) in [5.41, 5.74) is -0.253. The highest BCUT2D eigenvalue weighted by Crippen LogP contribution is 2.39. The molecule has 0 unspecified atom stereocenters. The molecule has 0 aliphatic rings. The van der Waals surface area contributed by atoms with Crippen LogP contribution in [-0.2, 0) is 0 Å². The molecule has 11 heteroatoms. The molecule has 4 aromatic rings. The Balaban J connectivity index is 1.74. The maximum absolute atomic E-state index is 12.3. The van der Waals surface area contributed by atoms with E-state index in [2.05, 4.69) is 9.97 Å². The zero-order valence-corrected chi connectivity index (χ0v) is 16.5. The van der Waals surface area contributed by atoms with E-state index in [1.54, 1.807) is 36.4 Å². The van der Waals surface area contributed by atoms with Crippen molar-refractivity contribution in [2.75, 3.05) is 7.11 Å². The normalized spacial score (nSPS) is 10.7. The maximum atomic E-state index is 12.3. The van der Waals surface area contributed by atoms with E-state index < -0.39 is 21.2 Å². The number of benzene rings is 3. The standard InChI is InChI=1S/C21H14N4O7/c1-31-19-10-12(20-22-15-5-3-2-4-14(15)21(26)23-20)6-8-18(19)32-17-9-7-13(24(27)28)11-16(17)25(29)30/h2-11H,1H3,(H,22,23,26). The fourth-order valence-corrected chi connectivity index (χ4v) is 3.09. The van der Waals surface area contributed by atoms with Gasteiger partial charge in [0.2, 0.25) is 5.75 Å². The molecule has 0 spiro atoms. The average Bonchev–Trinajstić information content (AvgIpc) is 2.79. The third-order valence-corrected chi connectivity index (χ3v) is 4.62. The number of rotatable bonds is 6. The molecule has 0 saturated heterocycles. The van der Waals surface area contributed by atoms with Crippen LogP contribution < -0.4 is 15.0 Å². The van der Waals surface area contributed by atoms with Crippen LogP contribution in [0.3, 0.4) is 0 Å². The van der Waals surface area contributed by atoms with Gasteiger partial charge in [-0.3, -0.25) is 25.0 Å². The van der Waals surface area contributed by atoms with Crippen LogP contribution in [0, 0.1) is 20.2 Å². The molecule has 3 aromatic carbocycles. The van der Waals surface area contributed by atoms with Crippen LogP contribution in [0.2, 0.25) is 0 Å². The number of non-ortho nitro benzene ring substituents is 1. The highest BCUT2D eigenvalue weighted by molar-refractivity contribution is 5.79. The van der Waals surface area contributed by atoms with Gasteiger partial charge in [0.25, 0.3) is 11.2 Å². The third-order valence-electron chi connectivity index (χ3n) is 4.62. The molecule has 32 heavy (non-hydrogen) atoms. The SMILES string of the molecule is COc1cc(-c2nc3ccccc3c(=O)[nH]2)ccc1Oc1ccc([N+](=O)[O-])cc1[N+](=O)[O-]. The molecular weight excluding hydrogens is 420 g/mol. The number of para-hydroxylation sites is 1. The van der Waals surface area contributed by atoms with E-state index >= 15 is 0 Å². The topological polar surface area (TPSA) is 150 Å². The van der Waals surface area contributed by atoms with E-state index in [1.165, 1.54) is 13.2 Å². The summed E-state index contributed by atoms with van der Waals surface area (Å²) in [7, 11) is 1.38. The molecule has 1 N–H and O–H groups in total. The Labute approximate surface area is 179 Å². The summed E-state index contributed by atoms with van der Waals surface area (Å²) >= 11 is 0. The summed E-state index contributed by atoms with van der Waals surface area (Å²) in [5.74, 6) is 0.464. The predicted molar refractivity (Wildman–Crippen MR) is 114 cm³/mol. The Kier molecular flexibility index (Phi) is 5.21. The number of nitrogens with zero attached hydrogens (tertiary/aromatic N) is 3. The first-order valence-corrected chi connectivity index (χ1v) is 9.15. The van der Waals surface area contributed by atoms with Crippen LogP contribution in [0.25, 0.3) is 22.3 Å². The van der Waals surface area contributed by atoms with Crippen molar-refractivity contribution in [2.24, 2.45) is 0 Å². The van der Waals surface area contributed by atoms with Crippen molar-refractivity contribution < 1.29 is 19.3 Å². The monoisotopic (exact) mass is 434 g/mol. The van der Waals surface area contributed by atoms with Gasteiger partial charge in [-0.1, -0.05) is 12.1 Å². The quantitative estimate of drug-likeness (QED) is 0.350. The molecule has 4 rings (SSSR count). The lowest BCUT2D eigenvalue weighted by Crippen LogP contribution is -2.09. The lowest BCUT2D eigenvalue weighted by Gasteiger charge is -2.12. The van der Waals surface area contributed by atoms with Gasteiger partial charge in [-0.25, -0.2) is 4.98 Å². The van der Waals surface area contributed by atoms with Crippen LogP contribution in [-0.4, -0.2) is 26.9 Å². The number of methoxy groups -OCH3 is 1. The Morgan fingerprint density at radius 3 is 2.38 bits per heavy atom. The zero-order chi connectivity index (χ0) is 22.8. The molecule has 1 heterocycles. The van der Waals surface area contributed by atoms with Crippen molar-refractivity contribution in [3.05, 3.63) is 91.2 Å². The Hall–Kier alpha value is -4.80. The van der Waals surface area contributed by atoms with Crippen molar-refractivity contribution in [3.8, 4) is 28.6 Å². The van der Waals surface area contributed by atoms with Gasteiger partial charge in [0.1, 0.15) is 5.82 Å². The lowest BCUT2D eigenvalue weighted by atomic mass is 10.1. The number of nitrogens with one attached hydrogen (secondary N) is 1. The van der Waals surface area contributed by atoms with Gasteiger partial charge < -0.3 is 14.5 Å². The number of ether oxygens (including phenoxy) is 2. The number of aromatic amines is 1.